The van der Waals surface area contributed by atoms with Gasteiger partial charge in [0.2, 0.25) is 0 Å². The Bertz CT molecular complexity index is 685. The third-order valence-corrected chi connectivity index (χ3v) is 5.32. The largest absolute Gasteiger partial charge is 0.497 e. The molecule has 0 radical (unpaired) electrons. The highest BCUT2D eigenvalue weighted by molar-refractivity contribution is 7.14. The molecule has 1 aromatic carbocycles. The predicted octanol–water partition coefficient (Wildman–Crippen LogP) is 3.41. The minimum Gasteiger partial charge on any atom is -0.497 e. The van der Waals surface area contributed by atoms with Crippen molar-refractivity contribution in [2.24, 2.45) is 0 Å². The molecule has 2 heterocycles. The Balaban J connectivity index is 1.61. The fraction of sp³-hybridized carbons (Fsp3) is 0.389. The van der Waals surface area contributed by atoms with Crippen molar-refractivity contribution in [1.82, 2.24) is 10.2 Å². The van der Waals surface area contributed by atoms with E-state index in [0.717, 1.165) is 29.3 Å². The molecule has 122 valence electrons. The van der Waals surface area contributed by atoms with Crippen LogP contribution in [0.3, 0.4) is 0 Å². The first-order valence-corrected chi connectivity index (χ1v) is 8.65. The number of rotatable bonds is 5. The average Bonchev–Trinajstić information content (AvgIpc) is 3.11. The minimum atomic E-state index is 0.00307. The van der Waals surface area contributed by atoms with Crippen LogP contribution in [0.2, 0.25) is 0 Å². The van der Waals surface area contributed by atoms with Gasteiger partial charge in [-0.05, 0) is 43.2 Å². The van der Waals surface area contributed by atoms with Gasteiger partial charge in [0.1, 0.15) is 5.75 Å². The Kier molecular flexibility index (Phi) is 4.68. The van der Waals surface area contributed by atoms with Crippen molar-refractivity contribution < 1.29 is 9.53 Å². The number of ether oxygens (including phenoxy) is 1. The topological polar surface area (TPSA) is 41.6 Å². The number of methoxy groups -OCH3 is 1. The number of carbonyl (C=O) groups excluding carboxylic acids is 1. The van der Waals surface area contributed by atoms with Crippen molar-refractivity contribution >= 4 is 17.2 Å². The molecule has 0 spiro atoms. The molecule has 3 rings (SSSR count). The summed E-state index contributed by atoms with van der Waals surface area (Å²) in [4.78, 5) is 16.9. The van der Waals surface area contributed by atoms with Crippen LogP contribution in [-0.4, -0.2) is 24.0 Å². The molecular weight excluding hydrogens is 308 g/mol. The third kappa shape index (κ3) is 3.57. The van der Waals surface area contributed by atoms with Crippen molar-refractivity contribution in [3.05, 3.63) is 51.2 Å². The Morgan fingerprint density at radius 2 is 2.17 bits per heavy atom. The molecule has 0 aliphatic carbocycles. The average molecular weight is 330 g/mol. The monoisotopic (exact) mass is 330 g/mol. The summed E-state index contributed by atoms with van der Waals surface area (Å²) in [6.45, 7) is 6.83. The number of carbonyl (C=O) groups is 1. The molecule has 0 saturated carbocycles. The molecule has 5 heteroatoms. The molecule has 4 nitrogen and oxygen atoms in total. The first-order valence-electron chi connectivity index (χ1n) is 7.83. The number of hydrogen-bond acceptors (Lipinski definition) is 4. The van der Waals surface area contributed by atoms with Gasteiger partial charge < -0.3 is 10.1 Å². The van der Waals surface area contributed by atoms with Gasteiger partial charge >= 0.3 is 0 Å². The van der Waals surface area contributed by atoms with Gasteiger partial charge in [-0.25, -0.2) is 0 Å². The zero-order chi connectivity index (χ0) is 16.4. The second kappa shape index (κ2) is 6.72. The summed E-state index contributed by atoms with van der Waals surface area (Å²) < 4.78 is 5.20. The third-order valence-electron chi connectivity index (χ3n) is 4.16. The highest BCUT2D eigenvalue weighted by Gasteiger charge is 2.25. The van der Waals surface area contributed by atoms with E-state index in [1.54, 1.807) is 18.4 Å². The number of nitrogens with one attached hydrogen (secondary N) is 1. The maximum atomic E-state index is 12.3. The Labute approximate surface area is 141 Å². The van der Waals surface area contributed by atoms with Crippen LogP contribution in [0.1, 0.15) is 39.5 Å². The van der Waals surface area contributed by atoms with Crippen LogP contribution in [0, 0.1) is 0 Å². The number of fused-ring (bicyclic) bond motifs is 1. The van der Waals surface area contributed by atoms with E-state index in [1.807, 2.05) is 30.3 Å². The van der Waals surface area contributed by atoms with E-state index in [1.165, 1.54) is 10.4 Å². The zero-order valence-electron chi connectivity index (χ0n) is 13.8. The lowest BCUT2D eigenvalue weighted by Crippen LogP contribution is -2.25. The van der Waals surface area contributed by atoms with Crippen LogP contribution in [0.25, 0.3) is 0 Å². The maximum Gasteiger partial charge on any atom is 0.261 e. The van der Waals surface area contributed by atoms with Gasteiger partial charge in [-0.1, -0.05) is 12.1 Å². The summed E-state index contributed by atoms with van der Waals surface area (Å²) in [5.41, 5.74) is 2.34. The van der Waals surface area contributed by atoms with Crippen LogP contribution in [-0.2, 0) is 19.6 Å². The molecule has 0 unspecified atom stereocenters. The molecule has 0 bridgehead atoms. The van der Waals surface area contributed by atoms with E-state index in [-0.39, 0.29) is 5.91 Å². The highest BCUT2D eigenvalue weighted by Crippen LogP contribution is 2.32. The fourth-order valence-electron chi connectivity index (χ4n) is 2.72. The zero-order valence-corrected chi connectivity index (χ0v) is 14.6. The molecular formula is C18H22N2O2S. The van der Waals surface area contributed by atoms with Crippen LogP contribution >= 0.6 is 11.3 Å². The van der Waals surface area contributed by atoms with E-state index in [0.29, 0.717) is 12.6 Å². The summed E-state index contributed by atoms with van der Waals surface area (Å²) in [6.07, 6.45) is 0. The molecule has 1 amide bonds. The van der Waals surface area contributed by atoms with Crippen LogP contribution in [0.5, 0.6) is 5.75 Å². The normalized spacial score (nSPS) is 14.1. The SMILES string of the molecule is COc1cccc(CNC(=O)c2cc3c(s2)CN(C(C)C)C3)c1. The summed E-state index contributed by atoms with van der Waals surface area (Å²) in [6, 6.07) is 10.3. The Morgan fingerprint density at radius 3 is 2.87 bits per heavy atom. The quantitative estimate of drug-likeness (QED) is 0.913. The number of nitrogens with zero attached hydrogens (tertiary/aromatic N) is 1. The summed E-state index contributed by atoms with van der Waals surface area (Å²) in [5, 5.41) is 2.99. The van der Waals surface area contributed by atoms with Crippen molar-refractivity contribution in [1.29, 1.82) is 0 Å². The lowest BCUT2D eigenvalue weighted by atomic mass is 10.2. The van der Waals surface area contributed by atoms with Crippen molar-refractivity contribution in [2.45, 2.75) is 39.5 Å². The van der Waals surface area contributed by atoms with E-state index in [4.69, 9.17) is 4.74 Å². The molecule has 1 aliphatic heterocycles. The van der Waals surface area contributed by atoms with Gasteiger partial charge in [0, 0.05) is 30.6 Å². The lowest BCUT2D eigenvalue weighted by molar-refractivity contribution is 0.0954. The highest BCUT2D eigenvalue weighted by atomic mass is 32.1. The maximum absolute atomic E-state index is 12.3. The molecule has 0 atom stereocenters. The number of thiophene rings is 1. The van der Waals surface area contributed by atoms with Crippen molar-refractivity contribution in [3.63, 3.8) is 0 Å². The van der Waals surface area contributed by atoms with E-state index < -0.39 is 0 Å². The van der Waals surface area contributed by atoms with Gasteiger partial charge in [0.15, 0.2) is 0 Å². The van der Waals surface area contributed by atoms with Crippen LogP contribution in [0.4, 0.5) is 0 Å². The van der Waals surface area contributed by atoms with Gasteiger partial charge in [-0.2, -0.15) is 0 Å². The predicted molar refractivity (Wildman–Crippen MR) is 92.9 cm³/mol. The van der Waals surface area contributed by atoms with Gasteiger partial charge in [0.05, 0.1) is 12.0 Å². The number of benzene rings is 1. The van der Waals surface area contributed by atoms with Crippen molar-refractivity contribution in [3.8, 4) is 5.75 Å². The summed E-state index contributed by atoms with van der Waals surface area (Å²) in [7, 11) is 1.64. The second-order valence-corrected chi connectivity index (χ2v) is 7.23. The lowest BCUT2D eigenvalue weighted by Gasteiger charge is -2.19. The molecule has 23 heavy (non-hydrogen) atoms. The first-order chi connectivity index (χ1) is 11.1. The molecule has 2 aromatic rings. The first kappa shape index (κ1) is 16.0. The van der Waals surface area contributed by atoms with Crippen molar-refractivity contribution in [2.75, 3.05) is 7.11 Å². The fourth-order valence-corrected chi connectivity index (χ4v) is 3.84. The van der Waals surface area contributed by atoms with Gasteiger partial charge in [0.25, 0.3) is 5.91 Å². The molecule has 0 fully saturated rings. The van der Waals surface area contributed by atoms with Gasteiger partial charge in [-0.15, -0.1) is 11.3 Å². The Morgan fingerprint density at radius 1 is 1.35 bits per heavy atom. The smallest absolute Gasteiger partial charge is 0.261 e. The number of hydrogen-bond donors (Lipinski definition) is 1. The number of amides is 1. The molecule has 1 N–H and O–H groups in total. The molecule has 1 aliphatic rings. The van der Waals surface area contributed by atoms with Crippen LogP contribution < -0.4 is 10.1 Å². The molecule has 0 saturated heterocycles. The van der Waals surface area contributed by atoms with E-state index >= 15 is 0 Å². The van der Waals surface area contributed by atoms with Gasteiger partial charge in [-0.3, -0.25) is 9.69 Å². The second-order valence-electron chi connectivity index (χ2n) is 6.09. The standard InChI is InChI=1S/C18H22N2O2S/c1-12(2)20-10-14-8-16(23-17(14)11-20)18(21)19-9-13-5-4-6-15(7-13)22-3/h4-8,12H,9-11H2,1-3H3,(H,19,21). The minimum absolute atomic E-state index is 0.00307. The Hall–Kier alpha value is -1.85. The van der Waals surface area contributed by atoms with E-state index in [9.17, 15) is 4.79 Å². The summed E-state index contributed by atoms with van der Waals surface area (Å²) >= 11 is 1.62. The summed E-state index contributed by atoms with van der Waals surface area (Å²) in [5.74, 6) is 0.809. The van der Waals surface area contributed by atoms with Crippen LogP contribution in [0.15, 0.2) is 30.3 Å². The van der Waals surface area contributed by atoms with E-state index in [2.05, 4.69) is 24.1 Å². The molecule has 1 aromatic heterocycles.